The summed E-state index contributed by atoms with van der Waals surface area (Å²) in [7, 11) is 0. The predicted molar refractivity (Wildman–Crippen MR) is 67.1 cm³/mol. The average molecular weight is 236 g/mol. The summed E-state index contributed by atoms with van der Waals surface area (Å²) in [5.41, 5.74) is 0.837. The Morgan fingerprint density at radius 2 is 2.38 bits per heavy atom. The maximum atomic E-state index is 5.73. The summed E-state index contributed by atoms with van der Waals surface area (Å²) in [6.07, 6.45) is 8.87. The van der Waals surface area contributed by atoms with Gasteiger partial charge in [-0.05, 0) is 31.2 Å². The number of aromatic nitrogens is 1. The molecule has 2 nitrogen and oxygen atoms in total. The fourth-order valence-electron chi connectivity index (χ4n) is 1.08. The zero-order valence-corrected chi connectivity index (χ0v) is 9.95. The average Bonchev–Trinajstić information content (AvgIpc) is 2.29. The van der Waals surface area contributed by atoms with Crippen LogP contribution in [0.2, 0.25) is 5.02 Å². The predicted octanol–water partition coefficient (Wildman–Crippen LogP) is 3.90. The second-order valence-electron chi connectivity index (χ2n) is 3.06. The zero-order chi connectivity index (χ0) is 11.8. The Hall–Kier alpha value is -1.54. The molecule has 1 aromatic rings. The lowest BCUT2D eigenvalue weighted by molar-refractivity contribution is 0.207. The van der Waals surface area contributed by atoms with E-state index in [9.17, 15) is 0 Å². The smallest absolute Gasteiger partial charge is 0.130 e. The summed E-state index contributed by atoms with van der Waals surface area (Å²) < 4.78 is 5.55. The highest BCUT2D eigenvalue weighted by molar-refractivity contribution is 6.30. The van der Waals surface area contributed by atoms with Crippen molar-refractivity contribution in [1.29, 1.82) is 0 Å². The molecule has 0 saturated heterocycles. The highest BCUT2D eigenvalue weighted by Gasteiger charge is 1.96. The number of halogens is 1. The van der Waals surface area contributed by atoms with E-state index in [2.05, 4.69) is 11.6 Å². The SMILES string of the molecule is C=C/C=C(\C=C/C)OCc1ccc(Cl)cn1. The first-order valence-corrected chi connectivity index (χ1v) is 5.32. The summed E-state index contributed by atoms with van der Waals surface area (Å²) >= 11 is 5.73. The van der Waals surface area contributed by atoms with E-state index in [1.54, 1.807) is 24.4 Å². The molecule has 0 saturated carbocycles. The molecule has 0 spiro atoms. The molecule has 1 rings (SSSR count). The van der Waals surface area contributed by atoms with E-state index in [0.29, 0.717) is 11.6 Å². The Labute approximate surface area is 101 Å². The van der Waals surface area contributed by atoms with Crippen LogP contribution in [0, 0.1) is 0 Å². The number of allylic oxidation sites excluding steroid dienone is 4. The molecule has 0 amide bonds. The Bertz CT molecular complexity index is 393. The van der Waals surface area contributed by atoms with E-state index in [-0.39, 0.29) is 0 Å². The highest BCUT2D eigenvalue weighted by Crippen LogP contribution is 2.09. The molecule has 0 aromatic carbocycles. The summed E-state index contributed by atoms with van der Waals surface area (Å²) in [4.78, 5) is 4.14. The van der Waals surface area contributed by atoms with Crippen molar-refractivity contribution in [2.45, 2.75) is 13.5 Å². The number of nitrogens with zero attached hydrogens (tertiary/aromatic N) is 1. The summed E-state index contributed by atoms with van der Waals surface area (Å²) in [6, 6.07) is 3.63. The van der Waals surface area contributed by atoms with Crippen LogP contribution in [0.1, 0.15) is 12.6 Å². The van der Waals surface area contributed by atoms with Crippen LogP contribution < -0.4 is 0 Å². The van der Waals surface area contributed by atoms with E-state index in [1.807, 2.05) is 25.1 Å². The molecule has 16 heavy (non-hydrogen) atoms. The van der Waals surface area contributed by atoms with Crippen LogP contribution in [0.15, 0.2) is 55.0 Å². The van der Waals surface area contributed by atoms with Crippen LogP contribution in [-0.4, -0.2) is 4.98 Å². The highest BCUT2D eigenvalue weighted by atomic mass is 35.5. The Morgan fingerprint density at radius 3 is 2.94 bits per heavy atom. The Balaban J connectivity index is 2.58. The lowest BCUT2D eigenvalue weighted by Gasteiger charge is -2.05. The number of hydrogen-bond acceptors (Lipinski definition) is 2. The minimum absolute atomic E-state index is 0.418. The molecule has 1 aromatic heterocycles. The second-order valence-corrected chi connectivity index (χ2v) is 3.50. The molecule has 0 unspecified atom stereocenters. The number of hydrogen-bond donors (Lipinski definition) is 0. The first-order chi connectivity index (χ1) is 7.76. The number of pyridine rings is 1. The van der Waals surface area contributed by atoms with Crippen molar-refractivity contribution in [2.75, 3.05) is 0 Å². The van der Waals surface area contributed by atoms with Gasteiger partial charge >= 0.3 is 0 Å². The van der Waals surface area contributed by atoms with Crippen LogP contribution in [0.25, 0.3) is 0 Å². The maximum Gasteiger partial charge on any atom is 0.130 e. The van der Waals surface area contributed by atoms with Crippen LogP contribution in [0.3, 0.4) is 0 Å². The molecule has 0 bridgehead atoms. The van der Waals surface area contributed by atoms with Crippen molar-refractivity contribution in [3.05, 3.63) is 65.7 Å². The van der Waals surface area contributed by atoms with Crippen molar-refractivity contribution < 1.29 is 4.74 Å². The van der Waals surface area contributed by atoms with E-state index in [0.717, 1.165) is 11.5 Å². The third-order valence-electron chi connectivity index (χ3n) is 1.79. The van der Waals surface area contributed by atoms with Gasteiger partial charge in [-0.25, -0.2) is 0 Å². The summed E-state index contributed by atoms with van der Waals surface area (Å²) in [6.45, 7) is 5.98. The van der Waals surface area contributed by atoms with Crippen LogP contribution in [-0.2, 0) is 11.3 Å². The van der Waals surface area contributed by atoms with E-state index in [4.69, 9.17) is 16.3 Å². The van der Waals surface area contributed by atoms with Gasteiger partial charge in [0.1, 0.15) is 12.4 Å². The molecular formula is C13H14ClNO. The van der Waals surface area contributed by atoms with Gasteiger partial charge in [-0.3, -0.25) is 4.98 Å². The van der Waals surface area contributed by atoms with Crippen molar-refractivity contribution in [3.8, 4) is 0 Å². The van der Waals surface area contributed by atoms with Crippen molar-refractivity contribution >= 4 is 11.6 Å². The summed E-state index contributed by atoms with van der Waals surface area (Å²) in [5.74, 6) is 0.759. The first kappa shape index (κ1) is 12.5. The molecule has 0 aliphatic heterocycles. The van der Waals surface area contributed by atoms with Gasteiger partial charge in [0.05, 0.1) is 10.7 Å². The number of ether oxygens (including phenoxy) is 1. The normalized spacial score (nSPS) is 11.8. The largest absolute Gasteiger partial charge is 0.487 e. The van der Waals surface area contributed by atoms with Gasteiger partial charge in [0.2, 0.25) is 0 Å². The van der Waals surface area contributed by atoms with E-state index >= 15 is 0 Å². The molecular weight excluding hydrogens is 222 g/mol. The molecule has 0 aliphatic rings. The second kappa shape index (κ2) is 6.85. The lowest BCUT2D eigenvalue weighted by atomic mass is 10.3. The van der Waals surface area contributed by atoms with E-state index in [1.165, 1.54) is 0 Å². The third kappa shape index (κ3) is 4.32. The van der Waals surface area contributed by atoms with Crippen LogP contribution in [0.4, 0.5) is 0 Å². The molecule has 0 atom stereocenters. The molecule has 0 radical (unpaired) electrons. The van der Waals surface area contributed by atoms with Gasteiger partial charge < -0.3 is 4.74 Å². The quantitative estimate of drug-likeness (QED) is 0.571. The van der Waals surface area contributed by atoms with Gasteiger partial charge in [-0.15, -0.1) is 0 Å². The molecule has 3 heteroatoms. The topological polar surface area (TPSA) is 22.1 Å². The lowest BCUT2D eigenvalue weighted by Crippen LogP contribution is -1.94. The van der Waals surface area contributed by atoms with Crippen molar-refractivity contribution in [3.63, 3.8) is 0 Å². The molecule has 0 fully saturated rings. The maximum absolute atomic E-state index is 5.73. The summed E-state index contributed by atoms with van der Waals surface area (Å²) in [5, 5.41) is 0.624. The Morgan fingerprint density at radius 1 is 1.56 bits per heavy atom. The van der Waals surface area contributed by atoms with Crippen molar-refractivity contribution in [1.82, 2.24) is 4.98 Å². The minimum atomic E-state index is 0.418. The zero-order valence-electron chi connectivity index (χ0n) is 9.19. The molecule has 1 heterocycles. The van der Waals surface area contributed by atoms with Gasteiger partial charge in [-0.2, -0.15) is 0 Å². The molecule has 0 N–H and O–H groups in total. The molecule has 84 valence electrons. The number of rotatable bonds is 5. The van der Waals surface area contributed by atoms with Crippen LogP contribution in [0.5, 0.6) is 0 Å². The van der Waals surface area contributed by atoms with Gasteiger partial charge in [0, 0.05) is 6.20 Å². The minimum Gasteiger partial charge on any atom is -0.487 e. The fraction of sp³-hybridized carbons (Fsp3) is 0.154. The van der Waals surface area contributed by atoms with Gasteiger partial charge in [-0.1, -0.05) is 30.3 Å². The fourth-order valence-corrected chi connectivity index (χ4v) is 1.19. The molecule has 0 aliphatic carbocycles. The third-order valence-corrected chi connectivity index (χ3v) is 2.01. The standard InChI is InChI=1S/C13H14ClNO/c1-3-5-13(6-4-2)16-10-12-8-7-11(14)9-15-12/h3-9H,1,10H2,2H3/b6-4-,13-5+. The van der Waals surface area contributed by atoms with Gasteiger partial charge in [0.25, 0.3) is 0 Å². The van der Waals surface area contributed by atoms with Crippen molar-refractivity contribution in [2.24, 2.45) is 0 Å². The van der Waals surface area contributed by atoms with Gasteiger partial charge in [0.15, 0.2) is 0 Å². The first-order valence-electron chi connectivity index (χ1n) is 4.95. The van der Waals surface area contributed by atoms with Crippen LogP contribution >= 0.6 is 11.6 Å². The monoisotopic (exact) mass is 235 g/mol. The van der Waals surface area contributed by atoms with E-state index < -0.39 is 0 Å². The Kier molecular flexibility index (Phi) is 5.37.